The first kappa shape index (κ1) is 11.7. The van der Waals surface area contributed by atoms with Gasteiger partial charge in [0, 0.05) is 6.04 Å². The third kappa shape index (κ3) is 1.91. The van der Waals surface area contributed by atoms with Crippen molar-refractivity contribution in [1.82, 2.24) is 0 Å². The molecule has 18 heavy (non-hydrogen) atoms. The molecular formula is C14H17NO3. The Morgan fingerprint density at radius 2 is 2.22 bits per heavy atom. The molecule has 0 aliphatic carbocycles. The summed E-state index contributed by atoms with van der Waals surface area (Å²) in [6, 6.07) is 5.58. The highest BCUT2D eigenvalue weighted by atomic mass is 16.5. The van der Waals surface area contributed by atoms with Crippen LogP contribution in [-0.2, 0) is 11.2 Å². The van der Waals surface area contributed by atoms with Gasteiger partial charge >= 0.3 is 0 Å². The number of Topliss-reactive ketones (excluding diaryl/α,β-unsaturated/α-hetero) is 1. The quantitative estimate of drug-likeness (QED) is 0.797. The summed E-state index contributed by atoms with van der Waals surface area (Å²) < 4.78 is 10.9. The molecule has 2 N–H and O–H groups in total. The fraction of sp³-hybridized carbons (Fsp3) is 0.500. The van der Waals surface area contributed by atoms with Gasteiger partial charge in [-0.05, 0) is 24.5 Å². The second-order valence-corrected chi connectivity index (χ2v) is 4.92. The zero-order valence-electron chi connectivity index (χ0n) is 10.2. The average molecular weight is 247 g/mol. The van der Waals surface area contributed by atoms with Crippen LogP contribution in [0.1, 0.15) is 22.3 Å². The fourth-order valence-electron chi connectivity index (χ4n) is 2.62. The summed E-state index contributed by atoms with van der Waals surface area (Å²) >= 11 is 0. The minimum atomic E-state index is -0.234. The summed E-state index contributed by atoms with van der Waals surface area (Å²) in [4.78, 5) is 12.5. The number of aryl methyl sites for hydroxylation is 1. The average Bonchev–Trinajstić information content (AvgIpc) is 2.83. The lowest BCUT2D eigenvalue weighted by Crippen LogP contribution is -2.34. The van der Waals surface area contributed by atoms with Crippen molar-refractivity contribution in [3.63, 3.8) is 0 Å². The van der Waals surface area contributed by atoms with Crippen LogP contribution in [0.3, 0.4) is 0 Å². The lowest BCUT2D eigenvalue weighted by Gasteiger charge is -2.21. The lowest BCUT2D eigenvalue weighted by atomic mass is 9.91. The van der Waals surface area contributed by atoms with Gasteiger partial charge in [0.25, 0.3) is 0 Å². The van der Waals surface area contributed by atoms with Gasteiger partial charge in [-0.25, -0.2) is 0 Å². The van der Waals surface area contributed by atoms with Crippen LogP contribution in [0.2, 0.25) is 0 Å². The van der Waals surface area contributed by atoms with Crippen LogP contribution in [0.25, 0.3) is 0 Å². The largest absolute Gasteiger partial charge is 0.493 e. The number of fused-ring (bicyclic) bond motifs is 1. The molecule has 1 aromatic carbocycles. The minimum absolute atomic E-state index is 0.0544. The number of rotatable bonds is 2. The first-order valence-corrected chi connectivity index (χ1v) is 6.39. The molecular weight excluding hydrogens is 230 g/mol. The number of benzene rings is 1. The van der Waals surface area contributed by atoms with Gasteiger partial charge in [-0.2, -0.15) is 0 Å². The molecule has 1 saturated heterocycles. The monoisotopic (exact) mass is 247 g/mol. The zero-order chi connectivity index (χ0) is 12.5. The van der Waals surface area contributed by atoms with Crippen molar-refractivity contribution in [3.8, 4) is 5.75 Å². The van der Waals surface area contributed by atoms with Gasteiger partial charge in [0.05, 0.1) is 31.3 Å². The fourth-order valence-corrected chi connectivity index (χ4v) is 2.62. The molecule has 0 bridgehead atoms. The Kier molecular flexibility index (Phi) is 3.06. The number of carbonyl (C=O) groups is 1. The first-order valence-electron chi connectivity index (χ1n) is 6.39. The predicted octanol–water partition coefficient (Wildman–Crippen LogP) is 1.17. The zero-order valence-corrected chi connectivity index (χ0v) is 10.2. The van der Waals surface area contributed by atoms with Crippen molar-refractivity contribution in [2.75, 3.05) is 19.8 Å². The minimum Gasteiger partial charge on any atom is -0.493 e. The Balaban J connectivity index is 1.94. The number of hydrogen-bond acceptors (Lipinski definition) is 4. The second kappa shape index (κ2) is 4.71. The van der Waals surface area contributed by atoms with Crippen molar-refractivity contribution < 1.29 is 14.3 Å². The SMILES string of the molecule is NC1COCC1C(=O)c1cccc2c1OCCC2. The molecule has 4 heteroatoms. The number of ketones is 1. The maximum absolute atomic E-state index is 12.5. The lowest BCUT2D eigenvalue weighted by molar-refractivity contribution is 0.0891. The molecule has 96 valence electrons. The summed E-state index contributed by atoms with van der Waals surface area (Å²) in [6.45, 7) is 1.57. The van der Waals surface area contributed by atoms with Crippen molar-refractivity contribution in [1.29, 1.82) is 0 Å². The van der Waals surface area contributed by atoms with E-state index in [1.54, 1.807) is 0 Å². The summed E-state index contributed by atoms with van der Waals surface area (Å²) in [7, 11) is 0. The van der Waals surface area contributed by atoms with Crippen molar-refractivity contribution in [2.45, 2.75) is 18.9 Å². The molecule has 0 spiro atoms. The van der Waals surface area contributed by atoms with E-state index >= 15 is 0 Å². The van der Waals surface area contributed by atoms with Crippen LogP contribution in [0.15, 0.2) is 18.2 Å². The van der Waals surface area contributed by atoms with Gasteiger partial charge in [-0.15, -0.1) is 0 Å². The second-order valence-electron chi connectivity index (χ2n) is 4.92. The topological polar surface area (TPSA) is 61.5 Å². The third-order valence-electron chi connectivity index (χ3n) is 3.66. The Hall–Kier alpha value is -1.39. The maximum Gasteiger partial charge on any atom is 0.173 e. The molecule has 2 atom stereocenters. The molecule has 2 heterocycles. The molecule has 0 saturated carbocycles. The summed E-state index contributed by atoms with van der Waals surface area (Å²) in [5.41, 5.74) is 7.70. The molecule has 2 unspecified atom stereocenters. The highest BCUT2D eigenvalue weighted by molar-refractivity contribution is 6.01. The van der Waals surface area contributed by atoms with E-state index in [0.717, 1.165) is 24.2 Å². The predicted molar refractivity (Wildman–Crippen MR) is 66.9 cm³/mol. The van der Waals surface area contributed by atoms with E-state index in [9.17, 15) is 4.79 Å². The standard InChI is InChI=1S/C14H17NO3/c15-12-8-17-7-11(12)13(16)10-5-1-3-9-4-2-6-18-14(9)10/h1,3,5,11-12H,2,4,6-8,15H2. The smallest absolute Gasteiger partial charge is 0.173 e. The molecule has 3 rings (SSSR count). The number of para-hydroxylation sites is 1. The van der Waals surface area contributed by atoms with Crippen LogP contribution in [0.4, 0.5) is 0 Å². The van der Waals surface area contributed by atoms with E-state index in [-0.39, 0.29) is 17.7 Å². The molecule has 1 aromatic rings. The van der Waals surface area contributed by atoms with Crippen molar-refractivity contribution >= 4 is 5.78 Å². The van der Waals surface area contributed by atoms with Gasteiger partial charge in [-0.3, -0.25) is 4.79 Å². The van der Waals surface area contributed by atoms with Crippen LogP contribution >= 0.6 is 0 Å². The molecule has 1 fully saturated rings. The Morgan fingerprint density at radius 1 is 1.33 bits per heavy atom. The maximum atomic E-state index is 12.5. The van der Waals surface area contributed by atoms with Crippen LogP contribution in [0, 0.1) is 5.92 Å². The van der Waals surface area contributed by atoms with E-state index in [2.05, 4.69) is 0 Å². The Labute approximate surface area is 106 Å². The number of nitrogens with two attached hydrogens (primary N) is 1. The Bertz CT molecular complexity index is 472. The molecule has 2 aliphatic rings. The van der Waals surface area contributed by atoms with Crippen LogP contribution in [-0.4, -0.2) is 31.6 Å². The van der Waals surface area contributed by atoms with Gasteiger partial charge in [-0.1, -0.05) is 12.1 Å². The third-order valence-corrected chi connectivity index (χ3v) is 3.66. The first-order chi connectivity index (χ1) is 8.77. The van der Waals surface area contributed by atoms with Crippen molar-refractivity contribution in [3.05, 3.63) is 29.3 Å². The van der Waals surface area contributed by atoms with Gasteiger partial charge in [0.2, 0.25) is 0 Å². The Morgan fingerprint density at radius 3 is 3.00 bits per heavy atom. The summed E-state index contributed by atoms with van der Waals surface area (Å²) in [5.74, 6) is 0.577. The molecule has 0 radical (unpaired) electrons. The number of ether oxygens (including phenoxy) is 2. The van der Waals surface area contributed by atoms with E-state index in [0.29, 0.717) is 25.4 Å². The van der Waals surface area contributed by atoms with Crippen molar-refractivity contribution in [2.24, 2.45) is 11.7 Å². The van der Waals surface area contributed by atoms with Gasteiger partial charge in [0.15, 0.2) is 5.78 Å². The van der Waals surface area contributed by atoms with Gasteiger partial charge in [0.1, 0.15) is 5.75 Å². The van der Waals surface area contributed by atoms with Crippen LogP contribution in [0.5, 0.6) is 5.75 Å². The highest BCUT2D eigenvalue weighted by Crippen LogP contribution is 2.31. The van der Waals surface area contributed by atoms with E-state index in [1.165, 1.54) is 0 Å². The highest BCUT2D eigenvalue weighted by Gasteiger charge is 2.34. The normalized spacial score (nSPS) is 26.5. The van der Waals surface area contributed by atoms with Gasteiger partial charge < -0.3 is 15.2 Å². The number of hydrogen-bond donors (Lipinski definition) is 1. The molecule has 4 nitrogen and oxygen atoms in total. The molecule has 0 aromatic heterocycles. The summed E-state index contributed by atoms with van der Waals surface area (Å²) in [5, 5.41) is 0. The molecule has 2 aliphatic heterocycles. The molecule has 0 amide bonds. The van der Waals surface area contributed by atoms with E-state index in [4.69, 9.17) is 15.2 Å². The van der Waals surface area contributed by atoms with E-state index < -0.39 is 0 Å². The summed E-state index contributed by atoms with van der Waals surface area (Å²) in [6.07, 6.45) is 1.99. The van der Waals surface area contributed by atoms with E-state index in [1.807, 2.05) is 18.2 Å². The van der Waals surface area contributed by atoms with Crippen LogP contribution < -0.4 is 10.5 Å². The number of carbonyl (C=O) groups excluding carboxylic acids is 1.